The van der Waals surface area contributed by atoms with Gasteiger partial charge >= 0.3 is 0 Å². The molecule has 0 fully saturated rings. The molecule has 1 aliphatic heterocycles. The molecule has 2 aromatic heterocycles. The molecule has 3 rings (SSSR count). The van der Waals surface area contributed by atoms with Crippen LogP contribution in [0.25, 0.3) is 0 Å². The van der Waals surface area contributed by atoms with Crippen molar-refractivity contribution in [2.24, 2.45) is 0 Å². The third kappa shape index (κ3) is 3.61. The second-order valence-corrected chi connectivity index (χ2v) is 7.68. The number of hydrogen-bond acceptors (Lipinski definition) is 5. The van der Waals surface area contributed by atoms with Crippen molar-refractivity contribution in [3.05, 3.63) is 41.1 Å². The van der Waals surface area contributed by atoms with Crippen LogP contribution in [0.4, 0.5) is 0 Å². The molecule has 23 heavy (non-hydrogen) atoms. The summed E-state index contributed by atoms with van der Waals surface area (Å²) in [4.78, 5) is 16.0. The van der Waals surface area contributed by atoms with Gasteiger partial charge in [0.15, 0.2) is 0 Å². The minimum Gasteiger partial charge on any atom is -0.444 e. The van der Waals surface area contributed by atoms with Crippen LogP contribution in [0.5, 0.6) is 0 Å². The highest BCUT2D eigenvalue weighted by Crippen LogP contribution is 2.24. The van der Waals surface area contributed by atoms with E-state index in [-0.39, 0.29) is 5.41 Å². The summed E-state index contributed by atoms with van der Waals surface area (Å²) in [6.07, 6.45) is 4.84. The molecule has 0 radical (unpaired) electrons. The lowest BCUT2D eigenvalue weighted by Gasteiger charge is -2.27. The van der Waals surface area contributed by atoms with Crippen molar-refractivity contribution in [1.82, 2.24) is 19.9 Å². The molecule has 0 spiro atoms. The van der Waals surface area contributed by atoms with E-state index in [0.29, 0.717) is 5.92 Å². The maximum Gasteiger partial charge on any atom is 0.208 e. The van der Waals surface area contributed by atoms with Crippen LogP contribution in [0.2, 0.25) is 0 Å². The number of rotatable bonds is 3. The number of nitrogens with zero attached hydrogens (tertiary/aromatic N) is 4. The first kappa shape index (κ1) is 16.1. The Bertz CT molecular complexity index is 685. The molecular weight excluding hydrogens is 288 g/mol. The molecule has 0 aliphatic carbocycles. The summed E-state index contributed by atoms with van der Waals surface area (Å²) in [5, 5.41) is 0. The van der Waals surface area contributed by atoms with Gasteiger partial charge < -0.3 is 4.42 Å². The van der Waals surface area contributed by atoms with E-state index in [9.17, 15) is 0 Å². The Hall–Kier alpha value is -1.75. The van der Waals surface area contributed by atoms with Crippen LogP contribution in [0.1, 0.15) is 69.3 Å². The molecule has 5 nitrogen and oxygen atoms in total. The number of fused-ring (bicyclic) bond motifs is 1. The van der Waals surface area contributed by atoms with Crippen molar-refractivity contribution in [3.63, 3.8) is 0 Å². The summed E-state index contributed by atoms with van der Waals surface area (Å²) >= 11 is 0. The summed E-state index contributed by atoms with van der Waals surface area (Å²) in [5.74, 6) is 3.01. The third-order valence-corrected chi connectivity index (χ3v) is 4.21. The van der Waals surface area contributed by atoms with Gasteiger partial charge in [-0.3, -0.25) is 4.90 Å². The van der Waals surface area contributed by atoms with Gasteiger partial charge in [0.1, 0.15) is 11.6 Å². The minimum absolute atomic E-state index is 0.000855. The van der Waals surface area contributed by atoms with Crippen molar-refractivity contribution < 1.29 is 4.42 Å². The maximum atomic E-state index is 5.92. The number of aromatic nitrogens is 3. The van der Waals surface area contributed by atoms with Gasteiger partial charge in [0, 0.05) is 30.6 Å². The molecule has 0 saturated carbocycles. The molecule has 2 aromatic rings. The average Bonchev–Trinajstić information content (AvgIpc) is 2.95. The standard InChI is InChI=1S/C18H26N4O/c1-12(2)17-20-8-13-6-7-22(10-14(13)21-17)11-16-19-9-15(23-16)18(3,4)5/h8-9,12H,6-7,10-11H2,1-5H3. The first-order valence-corrected chi connectivity index (χ1v) is 8.35. The molecule has 1 aliphatic rings. The highest BCUT2D eigenvalue weighted by molar-refractivity contribution is 5.21. The Morgan fingerprint density at radius 2 is 2.00 bits per heavy atom. The summed E-state index contributed by atoms with van der Waals surface area (Å²) in [5.41, 5.74) is 2.42. The van der Waals surface area contributed by atoms with Crippen LogP contribution < -0.4 is 0 Å². The first-order chi connectivity index (χ1) is 10.8. The Balaban J connectivity index is 1.72. The van der Waals surface area contributed by atoms with E-state index in [1.165, 1.54) is 5.56 Å². The van der Waals surface area contributed by atoms with Crippen LogP contribution in [-0.4, -0.2) is 26.4 Å². The van der Waals surface area contributed by atoms with Crippen molar-refractivity contribution in [3.8, 4) is 0 Å². The summed E-state index contributed by atoms with van der Waals surface area (Å²) in [6, 6.07) is 0. The lowest BCUT2D eigenvalue weighted by molar-refractivity contribution is 0.212. The predicted molar refractivity (Wildman–Crippen MR) is 89.1 cm³/mol. The molecular formula is C18H26N4O. The van der Waals surface area contributed by atoms with Crippen LogP contribution in [0.3, 0.4) is 0 Å². The third-order valence-electron chi connectivity index (χ3n) is 4.21. The smallest absolute Gasteiger partial charge is 0.208 e. The van der Waals surface area contributed by atoms with E-state index >= 15 is 0 Å². The SMILES string of the molecule is CC(C)c1ncc2c(n1)CN(Cc1ncc(C(C)(C)C)o1)CC2. The normalized spacial score (nSPS) is 15.9. The average molecular weight is 314 g/mol. The lowest BCUT2D eigenvalue weighted by atomic mass is 9.94. The first-order valence-electron chi connectivity index (χ1n) is 8.35. The van der Waals surface area contributed by atoms with E-state index in [4.69, 9.17) is 9.40 Å². The monoisotopic (exact) mass is 314 g/mol. The van der Waals surface area contributed by atoms with Gasteiger partial charge in [0.05, 0.1) is 18.4 Å². The molecule has 5 heteroatoms. The van der Waals surface area contributed by atoms with Gasteiger partial charge in [-0.25, -0.2) is 15.0 Å². The fourth-order valence-electron chi connectivity index (χ4n) is 2.71. The van der Waals surface area contributed by atoms with Gasteiger partial charge in [-0.1, -0.05) is 34.6 Å². The van der Waals surface area contributed by atoms with E-state index < -0.39 is 0 Å². The quantitative estimate of drug-likeness (QED) is 0.868. The van der Waals surface area contributed by atoms with Crippen molar-refractivity contribution in [2.45, 2.75) is 65.5 Å². The Kier molecular flexibility index (Phi) is 4.23. The molecule has 0 aromatic carbocycles. The largest absolute Gasteiger partial charge is 0.444 e. The highest BCUT2D eigenvalue weighted by atomic mass is 16.4. The van der Waals surface area contributed by atoms with E-state index in [2.05, 4.69) is 49.5 Å². The number of oxazole rings is 1. The zero-order chi connectivity index (χ0) is 16.6. The van der Waals surface area contributed by atoms with Crippen LogP contribution in [-0.2, 0) is 24.9 Å². The lowest BCUT2D eigenvalue weighted by Crippen LogP contribution is -2.31. The Labute approximate surface area is 138 Å². The second-order valence-electron chi connectivity index (χ2n) is 7.68. The summed E-state index contributed by atoms with van der Waals surface area (Å²) < 4.78 is 5.92. The van der Waals surface area contributed by atoms with Crippen LogP contribution in [0.15, 0.2) is 16.8 Å². The van der Waals surface area contributed by atoms with E-state index in [1.807, 2.05) is 12.4 Å². The Morgan fingerprint density at radius 3 is 2.65 bits per heavy atom. The van der Waals surface area contributed by atoms with Crippen molar-refractivity contribution in [2.75, 3.05) is 6.54 Å². The van der Waals surface area contributed by atoms with Crippen molar-refractivity contribution in [1.29, 1.82) is 0 Å². The van der Waals surface area contributed by atoms with Gasteiger partial charge in [0.2, 0.25) is 5.89 Å². The Morgan fingerprint density at radius 1 is 1.22 bits per heavy atom. The van der Waals surface area contributed by atoms with Gasteiger partial charge in [-0.15, -0.1) is 0 Å². The van der Waals surface area contributed by atoms with E-state index in [1.54, 1.807) is 0 Å². The van der Waals surface area contributed by atoms with Gasteiger partial charge in [0.25, 0.3) is 0 Å². The zero-order valence-electron chi connectivity index (χ0n) is 14.8. The van der Waals surface area contributed by atoms with E-state index in [0.717, 1.165) is 49.2 Å². The summed E-state index contributed by atoms with van der Waals surface area (Å²) in [6.45, 7) is 13.2. The number of hydrogen-bond donors (Lipinski definition) is 0. The molecule has 0 amide bonds. The molecule has 0 unspecified atom stereocenters. The molecule has 124 valence electrons. The summed E-state index contributed by atoms with van der Waals surface area (Å²) in [7, 11) is 0. The highest BCUT2D eigenvalue weighted by Gasteiger charge is 2.23. The second kappa shape index (κ2) is 6.04. The topological polar surface area (TPSA) is 55.1 Å². The van der Waals surface area contributed by atoms with Crippen LogP contribution >= 0.6 is 0 Å². The van der Waals surface area contributed by atoms with Crippen LogP contribution in [0, 0.1) is 0 Å². The van der Waals surface area contributed by atoms with Gasteiger partial charge in [-0.2, -0.15) is 0 Å². The van der Waals surface area contributed by atoms with Crippen molar-refractivity contribution >= 4 is 0 Å². The van der Waals surface area contributed by atoms with Gasteiger partial charge in [-0.05, 0) is 12.0 Å². The maximum absolute atomic E-state index is 5.92. The molecule has 0 saturated heterocycles. The zero-order valence-corrected chi connectivity index (χ0v) is 14.8. The minimum atomic E-state index is -0.000855. The molecule has 0 bridgehead atoms. The molecule has 0 atom stereocenters. The fourth-order valence-corrected chi connectivity index (χ4v) is 2.71. The predicted octanol–water partition coefficient (Wildman–Crippen LogP) is 3.44. The molecule has 0 N–H and O–H groups in total. The molecule has 3 heterocycles. The fraction of sp³-hybridized carbons (Fsp3) is 0.611.